The summed E-state index contributed by atoms with van der Waals surface area (Å²) >= 11 is 4.16. The van der Waals surface area contributed by atoms with Gasteiger partial charge in [-0.15, -0.1) is 0 Å². The Labute approximate surface area is 64.1 Å². The van der Waals surface area contributed by atoms with Crippen LogP contribution >= 0.6 is 45.2 Å². The zero-order chi connectivity index (χ0) is 4.99. The summed E-state index contributed by atoms with van der Waals surface area (Å²) in [5.74, 6) is 0. The summed E-state index contributed by atoms with van der Waals surface area (Å²) in [5, 5.41) is 8.25. The van der Waals surface area contributed by atoms with Crippen LogP contribution in [0.4, 0.5) is 0 Å². The van der Waals surface area contributed by atoms with Crippen molar-refractivity contribution in [2.45, 2.75) is 0 Å². The smallest absolute Gasteiger partial charge is 0.0743 e. The second-order valence-electron chi connectivity index (χ2n) is 0.714. The van der Waals surface area contributed by atoms with E-state index in [-0.39, 0.29) is 6.61 Å². The van der Waals surface area contributed by atoms with Crippen LogP contribution in [0, 0.1) is 0 Å². The number of aliphatic hydroxyl groups excluding tert-OH is 1. The van der Waals surface area contributed by atoms with Crippen LogP contribution in [-0.4, -0.2) is 11.7 Å². The molecular formula is C3H4I2O. The number of rotatable bonds is 1. The Balaban J connectivity index is 3.22. The molecule has 0 unspecified atom stereocenters. The van der Waals surface area contributed by atoms with Crippen molar-refractivity contribution in [2.24, 2.45) is 0 Å². The Morgan fingerprint density at radius 1 is 1.83 bits per heavy atom. The van der Waals surface area contributed by atoms with Gasteiger partial charge in [0.25, 0.3) is 0 Å². The predicted molar refractivity (Wildman–Crippen MR) is 43.2 cm³/mol. The lowest BCUT2D eigenvalue weighted by molar-refractivity contribution is 0.341. The van der Waals surface area contributed by atoms with Gasteiger partial charge in [-0.25, -0.2) is 0 Å². The van der Waals surface area contributed by atoms with Gasteiger partial charge in [-0.1, -0.05) is 22.6 Å². The Hall–Kier alpha value is 1.16. The monoisotopic (exact) mass is 310 g/mol. The van der Waals surface area contributed by atoms with E-state index >= 15 is 0 Å². The van der Waals surface area contributed by atoms with E-state index in [0.717, 1.165) is 3.58 Å². The molecular weight excluding hydrogens is 306 g/mol. The molecule has 0 saturated heterocycles. The molecule has 0 aliphatic carbocycles. The highest BCUT2D eigenvalue weighted by Gasteiger charge is 1.78. The molecule has 0 aliphatic heterocycles. The van der Waals surface area contributed by atoms with Crippen molar-refractivity contribution < 1.29 is 5.11 Å². The van der Waals surface area contributed by atoms with Gasteiger partial charge in [0.1, 0.15) is 0 Å². The molecule has 6 heavy (non-hydrogen) atoms. The Bertz CT molecular complexity index is 59.8. The van der Waals surface area contributed by atoms with Crippen LogP contribution in [0.2, 0.25) is 0 Å². The van der Waals surface area contributed by atoms with Crippen LogP contribution in [0.15, 0.2) is 7.66 Å². The summed E-state index contributed by atoms with van der Waals surface area (Å²) in [7, 11) is 0. The molecule has 3 heteroatoms. The highest BCUT2D eigenvalue weighted by Crippen LogP contribution is 2.05. The molecule has 0 aromatic heterocycles. The molecule has 1 nitrogen and oxygen atoms in total. The molecule has 0 spiro atoms. The maximum atomic E-state index is 8.25. The van der Waals surface area contributed by atoms with E-state index in [1.165, 1.54) is 0 Å². The van der Waals surface area contributed by atoms with Crippen LogP contribution in [0.1, 0.15) is 0 Å². The standard InChI is InChI=1S/C3H4I2O/c4-1-3(5)2-6/h1,6H,2H2/b3-1+. The van der Waals surface area contributed by atoms with Crippen LogP contribution < -0.4 is 0 Å². The lowest BCUT2D eigenvalue weighted by atomic mass is 10.7. The number of halogens is 2. The third kappa shape index (κ3) is 3.35. The number of hydrogen-bond donors (Lipinski definition) is 1. The van der Waals surface area contributed by atoms with Crippen molar-refractivity contribution in [3.05, 3.63) is 7.66 Å². The van der Waals surface area contributed by atoms with Crippen molar-refractivity contribution in [2.75, 3.05) is 6.61 Å². The quantitative estimate of drug-likeness (QED) is 0.731. The molecule has 0 saturated carbocycles. The molecule has 0 atom stereocenters. The minimum Gasteiger partial charge on any atom is -0.391 e. The average molecular weight is 310 g/mol. The normalized spacial score (nSPS) is 12.2. The maximum absolute atomic E-state index is 8.25. The van der Waals surface area contributed by atoms with Crippen LogP contribution in [0.25, 0.3) is 0 Å². The highest BCUT2D eigenvalue weighted by molar-refractivity contribution is 14.1. The van der Waals surface area contributed by atoms with Gasteiger partial charge in [-0.05, 0) is 26.7 Å². The van der Waals surface area contributed by atoms with Gasteiger partial charge in [0.05, 0.1) is 6.61 Å². The van der Waals surface area contributed by atoms with E-state index in [4.69, 9.17) is 5.11 Å². The first-order valence-electron chi connectivity index (χ1n) is 1.37. The first-order valence-corrected chi connectivity index (χ1v) is 3.69. The first-order chi connectivity index (χ1) is 2.81. The number of aliphatic hydroxyl groups is 1. The van der Waals surface area contributed by atoms with Gasteiger partial charge in [0, 0.05) is 3.58 Å². The first kappa shape index (κ1) is 7.16. The summed E-state index contributed by atoms with van der Waals surface area (Å²) in [5.41, 5.74) is 0. The third-order valence-electron chi connectivity index (χ3n) is 0.269. The van der Waals surface area contributed by atoms with E-state index in [0.29, 0.717) is 0 Å². The fourth-order valence-electron chi connectivity index (χ4n) is 0.0345. The summed E-state index contributed by atoms with van der Waals surface area (Å²) in [6, 6.07) is 0. The average Bonchev–Trinajstić information content (AvgIpc) is 1.65. The van der Waals surface area contributed by atoms with Crippen LogP contribution in [0.3, 0.4) is 0 Å². The van der Waals surface area contributed by atoms with Crippen LogP contribution in [0.5, 0.6) is 0 Å². The second-order valence-corrected chi connectivity index (χ2v) is 2.72. The minimum absolute atomic E-state index is 0.170. The molecule has 0 heterocycles. The molecule has 0 aromatic carbocycles. The SMILES string of the molecule is OC/C(I)=C\I. The van der Waals surface area contributed by atoms with Crippen molar-refractivity contribution in [1.82, 2.24) is 0 Å². The van der Waals surface area contributed by atoms with E-state index in [9.17, 15) is 0 Å². The lowest BCUT2D eigenvalue weighted by Crippen LogP contribution is -1.74. The fraction of sp³-hybridized carbons (Fsp3) is 0.333. The molecule has 0 bridgehead atoms. The predicted octanol–water partition coefficient (Wildman–Crippen LogP) is 1.69. The Morgan fingerprint density at radius 3 is 2.33 bits per heavy atom. The molecule has 0 amide bonds. The summed E-state index contributed by atoms with van der Waals surface area (Å²) in [6.07, 6.45) is 0. The summed E-state index contributed by atoms with van der Waals surface area (Å²) < 4.78 is 2.83. The molecule has 0 rings (SSSR count). The van der Waals surface area contributed by atoms with Gasteiger partial charge in [0.2, 0.25) is 0 Å². The largest absolute Gasteiger partial charge is 0.391 e. The fourth-order valence-corrected chi connectivity index (χ4v) is 0.231. The maximum Gasteiger partial charge on any atom is 0.0743 e. The number of hydrogen-bond acceptors (Lipinski definition) is 1. The molecule has 0 radical (unpaired) electrons. The van der Waals surface area contributed by atoms with Gasteiger partial charge >= 0.3 is 0 Å². The van der Waals surface area contributed by atoms with Gasteiger partial charge in [-0.3, -0.25) is 0 Å². The van der Waals surface area contributed by atoms with Crippen molar-refractivity contribution in [3.8, 4) is 0 Å². The molecule has 0 aliphatic rings. The van der Waals surface area contributed by atoms with Gasteiger partial charge in [0.15, 0.2) is 0 Å². The van der Waals surface area contributed by atoms with Crippen molar-refractivity contribution in [1.29, 1.82) is 0 Å². The summed E-state index contributed by atoms with van der Waals surface area (Å²) in [6.45, 7) is 0.170. The highest BCUT2D eigenvalue weighted by atomic mass is 127. The van der Waals surface area contributed by atoms with E-state index in [1.54, 1.807) is 0 Å². The van der Waals surface area contributed by atoms with Gasteiger partial charge in [-0.2, -0.15) is 0 Å². The second kappa shape index (κ2) is 4.32. The molecule has 36 valence electrons. The molecule has 1 N–H and O–H groups in total. The zero-order valence-electron chi connectivity index (χ0n) is 2.99. The minimum atomic E-state index is 0.170. The molecule has 0 fully saturated rings. The third-order valence-corrected chi connectivity index (χ3v) is 2.87. The molecule has 0 aromatic rings. The van der Waals surface area contributed by atoms with E-state index in [2.05, 4.69) is 45.2 Å². The van der Waals surface area contributed by atoms with E-state index < -0.39 is 0 Å². The van der Waals surface area contributed by atoms with Crippen molar-refractivity contribution in [3.63, 3.8) is 0 Å². The zero-order valence-corrected chi connectivity index (χ0v) is 7.30. The Morgan fingerprint density at radius 2 is 2.33 bits per heavy atom. The van der Waals surface area contributed by atoms with E-state index in [1.807, 2.05) is 4.08 Å². The van der Waals surface area contributed by atoms with Crippen molar-refractivity contribution >= 4 is 45.2 Å². The lowest BCUT2D eigenvalue weighted by Gasteiger charge is -1.81. The summed E-state index contributed by atoms with van der Waals surface area (Å²) in [4.78, 5) is 0. The Kier molecular flexibility index (Phi) is 5.16. The van der Waals surface area contributed by atoms with Crippen LogP contribution in [-0.2, 0) is 0 Å². The van der Waals surface area contributed by atoms with Gasteiger partial charge < -0.3 is 5.11 Å². The topological polar surface area (TPSA) is 20.2 Å².